The van der Waals surface area contributed by atoms with Gasteiger partial charge < -0.3 is 20.9 Å². The van der Waals surface area contributed by atoms with Crippen LogP contribution in [-0.4, -0.2) is 19.9 Å². The van der Waals surface area contributed by atoms with E-state index in [0.717, 1.165) is 63.2 Å². The number of ether oxygens (including phenoxy) is 2. The van der Waals surface area contributed by atoms with E-state index in [1.165, 1.54) is 0 Å². The molecular formula is C46H30I2N6O2. The second-order valence-electron chi connectivity index (χ2n) is 13.1. The number of nitrogens with two attached hydrogens (primary N) is 2. The van der Waals surface area contributed by atoms with E-state index in [2.05, 4.69) is 118 Å². The molecule has 8 nitrogen and oxygen atoms in total. The summed E-state index contributed by atoms with van der Waals surface area (Å²) in [4.78, 5) is 20.7. The average Bonchev–Trinajstić information content (AvgIpc) is 3.22. The lowest BCUT2D eigenvalue weighted by Crippen LogP contribution is -1.98. The Morgan fingerprint density at radius 1 is 0.321 bits per heavy atom. The molecule has 7 aromatic carbocycles. The molecule has 0 aliphatic rings. The summed E-state index contributed by atoms with van der Waals surface area (Å²) >= 11 is 4.63. The molecule has 0 amide bonds. The van der Waals surface area contributed by atoms with Crippen LogP contribution in [0, 0.1) is 7.14 Å². The molecule has 9 aromatic rings. The van der Waals surface area contributed by atoms with Gasteiger partial charge in [-0.25, -0.2) is 19.9 Å². The van der Waals surface area contributed by atoms with Crippen LogP contribution in [0.15, 0.2) is 158 Å². The largest absolute Gasteiger partial charge is 0.457 e. The van der Waals surface area contributed by atoms with Crippen LogP contribution in [0.25, 0.3) is 67.1 Å². The fourth-order valence-corrected chi connectivity index (χ4v) is 7.06. The van der Waals surface area contributed by atoms with Crippen molar-refractivity contribution in [1.29, 1.82) is 0 Å². The third-order valence-corrected chi connectivity index (χ3v) is 10.6. The molecule has 0 bridgehead atoms. The Labute approximate surface area is 349 Å². The Bertz CT molecular complexity index is 2670. The molecule has 0 aliphatic heterocycles. The van der Waals surface area contributed by atoms with Crippen LogP contribution in [-0.2, 0) is 0 Å². The minimum atomic E-state index is 0.653. The number of nitrogens with zero attached hydrogens (tertiary/aromatic N) is 4. The predicted molar refractivity (Wildman–Crippen MR) is 242 cm³/mol. The third kappa shape index (κ3) is 7.57. The quantitative estimate of drug-likeness (QED) is 0.114. The van der Waals surface area contributed by atoms with Crippen molar-refractivity contribution in [2.75, 3.05) is 11.5 Å². The minimum Gasteiger partial charge on any atom is -0.457 e. The molecule has 2 aromatic heterocycles. The lowest BCUT2D eigenvalue weighted by Gasteiger charge is -2.14. The first-order valence-corrected chi connectivity index (χ1v) is 19.8. The standard InChI is InChI=1S/C46H30I2N6O2/c47-31-9-5-29(6-10-31)43-45(53-41-25-37(21-23-39(41)51-43)55-35-17-13-33(49)14-18-35)27-1-2-28(4-3-27)46-44(30-7-11-32(48)12-8-30)52-40-24-22-38(26-42(40)54-46)56-36-19-15-34(50)16-20-36/h1-26H,49-50H2. The fraction of sp³-hybridized carbons (Fsp3) is 0. The zero-order chi connectivity index (χ0) is 38.2. The molecule has 56 heavy (non-hydrogen) atoms. The van der Waals surface area contributed by atoms with Crippen LogP contribution in [0.1, 0.15) is 0 Å². The normalized spacial score (nSPS) is 11.2. The first-order chi connectivity index (χ1) is 27.3. The van der Waals surface area contributed by atoms with Crippen LogP contribution in [0.3, 0.4) is 0 Å². The van der Waals surface area contributed by atoms with Gasteiger partial charge in [-0.2, -0.15) is 0 Å². The monoisotopic (exact) mass is 952 g/mol. The number of anilines is 2. The number of hydrogen-bond acceptors (Lipinski definition) is 8. The number of rotatable bonds is 8. The van der Waals surface area contributed by atoms with Crippen LogP contribution in [0.4, 0.5) is 11.4 Å². The maximum Gasteiger partial charge on any atom is 0.129 e. The summed E-state index contributed by atoms with van der Waals surface area (Å²) in [7, 11) is 0. The Balaban J connectivity index is 1.14. The molecule has 0 unspecified atom stereocenters. The van der Waals surface area contributed by atoms with Gasteiger partial charge in [0, 0.05) is 52.9 Å². The highest BCUT2D eigenvalue weighted by atomic mass is 127. The molecule has 0 fully saturated rings. The zero-order valence-corrected chi connectivity index (χ0v) is 33.8. The Kier molecular flexibility index (Phi) is 9.65. The summed E-state index contributed by atoms with van der Waals surface area (Å²) in [5.41, 5.74) is 22.9. The van der Waals surface area contributed by atoms with Crippen LogP contribution < -0.4 is 20.9 Å². The van der Waals surface area contributed by atoms with Crippen molar-refractivity contribution >= 4 is 78.6 Å². The second-order valence-corrected chi connectivity index (χ2v) is 15.6. The summed E-state index contributed by atoms with van der Waals surface area (Å²) in [6.07, 6.45) is 0. The van der Waals surface area contributed by atoms with Crippen LogP contribution >= 0.6 is 45.2 Å². The Morgan fingerprint density at radius 3 is 0.946 bits per heavy atom. The number of halogens is 2. The SMILES string of the molecule is Nc1ccc(Oc2ccc3nc(-c4ccc(I)cc4)c(-c4ccc(-c5nc6cc(Oc7ccc(N)cc7)ccc6nc5-c5ccc(I)cc5)cc4)nc3c2)cc1. The van der Waals surface area contributed by atoms with Crippen molar-refractivity contribution in [3.63, 3.8) is 0 Å². The molecule has 270 valence electrons. The molecule has 0 atom stereocenters. The highest BCUT2D eigenvalue weighted by molar-refractivity contribution is 14.1. The van der Waals surface area contributed by atoms with Crippen molar-refractivity contribution in [3.05, 3.63) is 165 Å². The highest BCUT2D eigenvalue weighted by Gasteiger charge is 2.18. The molecule has 0 radical (unpaired) electrons. The smallest absolute Gasteiger partial charge is 0.129 e. The van der Waals surface area contributed by atoms with Gasteiger partial charge in [0.05, 0.1) is 44.8 Å². The maximum atomic E-state index is 6.16. The van der Waals surface area contributed by atoms with Gasteiger partial charge >= 0.3 is 0 Å². The van der Waals surface area contributed by atoms with Gasteiger partial charge in [0.25, 0.3) is 0 Å². The lowest BCUT2D eigenvalue weighted by atomic mass is 9.99. The van der Waals surface area contributed by atoms with E-state index in [1.54, 1.807) is 0 Å². The Hall–Kier alpha value is -6.12. The van der Waals surface area contributed by atoms with Gasteiger partial charge in [-0.15, -0.1) is 0 Å². The first-order valence-electron chi connectivity index (χ1n) is 17.6. The van der Waals surface area contributed by atoms with Gasteiger partial charge in [0.15, 0.2) is 0 Å². The predicted octanol–water partition coefficient (Wildman–Crippen LogP) is 12.2. The molecule has 0 saturated heterocycles. The first kappa shape index (κ1) is 35.6. The summed E-state index contributed by atoms with van der Waals surface area (Å²) in [6, 6.07) is 51.1. The van der Waals surface area contributed by atoms with Gasteiger partial charge in [-0.3, -0.25) is 0 Å². The summed E-state index contributed by atoms with van der Waals surface area (Å²) in [6.45, 7) is 0. The van der Waals surface area contributed by atoms with Crippen molar-refractivity contribution in [2.24, 2.45) is 0 Å². The summed E-state index contributed by atoms with van der Waals surface area (Å²) in [5.74, 6) is 2.68. The molecule has 0 saturated carbocycles. The lowest BCUT2D eigenvalue weighted by molar-refractivity contribution is 0.483. The number of hydrogen-bond donors (Lipinski definition) is 2. The highest BCUT2D eigenvalue weighted by Crippen LogP contribution is 2.37. The average molecular weight is 953 g/mol. The van der Waals surface area contributed by atoms with Gasteiger partial charge in [-0.1, -0.05) is 48.5 Å². The fourth-order valence-electron chi connectivity index (χ4n) is 6.35. The second kappa shape index (κ2) is 15.2. The third-order valence-electron chi connectivity index (χ3n) is 9.17. The summed E-state index contributed by atoms with van der Waals surface area (Å²) in [5, 5.41) is 0. The van der Waals surface area contributed by atoms with Crippen molar-refractivity contribution in [3.8, 4) is 68.0 Å². The van der Waals surface area contributed by atoms with E-state index in [0.29, 0.717) is 45.4 Å². The summed E-state index contributed by atoms with van der Waals surface area (Å²) < 4.78 is 14.6. The molecular weight excluding hydrogens is 922 g/mol. The molecule has 9 rings (SSSR count). The van der Waals surface area contributed by atoms with Gasteiger partial charge in [0.2, 0.25) is 0 Å². The number of nitrogen functional groups attached to an aromatic ring is 2. The van der Waals surface area contributed by atoms with E-state index in [9.17, 15) is 0 Å². The molecule has 0 aliphatic carbocycles. The van der Waals surface area contributed by atoms with E-state index >= 15 is 0 Å². The van der Waals surface area contributed by atoms with Crippen LogP contribution in [0.5, 0.6) is 23.0 Å². The van der Waals surface area contributed by atoms with E-state index in [4.69, 9.17) is 40.9 Å². The maximum absolute atomic E-state index is 6.16. The molecule has 0 spiro atoms. The van der Waals surface area contributed by atoms with Crippen molar-refractivity contribution in [2.45, 2.75) is 0 Å². The number of fused-ring (bicyclic) bond motifs is 2. The van der Waals surface area contributed by atoms with Crippen LogP contribution in [0.2, 0.25) is 0 Å². The van der Waals surface area contributed by atoms with Gasteiger partial charge in [0.1, 0.15) is 23.0 Å². The number of aromatic nitrogens is 4. The van der Waals surface area contributed by atoms with E-state index in [-0.39, 0.29) is 0 Å². The molecule has 10 heteroatoms. The topological polar surface area (TPSA) is 122 Å². The van der Waals surface area contributed by atoms with Gasteiger partial charge in [-0.05, 0) is 142 Å². The number of benzene rings is 7. The van der Waals surface area contributed by atoms with Crippen molar-refractivity contribution < 1.29 is 9.47 Å². The Morgan fingerprint density at radius 2 is 0.607 bits per heavy atom. The zero-order valence-electron chi connectivity index (χ0n) is 29.5. The van der Waals surface area contributed by atoms with E-state index < -0.39 is 0 Å². The van der Waals surface area contributed by atoms with Crippen molar-refractivity contribution in [1.82, 2.24) is 19.9 Å². The minimum absolute atomic E-state index is 0.653. The molecule has 2 heterocycles. The molecule has 4 N–H and O–H groups in total. The van der Waals surface area contributed by atoms with E-state index in [1.807, 2.05) is 84.9 Å².